The molecule has 0 spiro atoms. The Morgan fingerprint density at radius 3 is 2.41 bits per heavy atom. The van der Waals surface area contributed by atoms with Crippen LogP contribution in [0.4, 0.5) is 14.5 Å². The lowest BCUT2D eigenvalue weighted by atomic mass is 10.2. The number of sulfonamides is 1. The molecule has 174 valence electrons. The van der Waals surface area contributed by atoms with Gasteiger partial charge >= 0.3 is 6.61 Å². The van der Waals surface area contributed by atoms with Crippen LogP contribution < -0.4 is 19.5 Å². The van der Waals surface area contributed by atoms with Crippen LogP contribution in [0.1, 0.15) is 12.5 Å². The van der Waals surface area contributed by atoms with Crippen molar-refractivity contribution in [1.29, 1.82) is 0 Å². The summed E-state index contributed by atoms with van der Waals surface area (Å²) in [5.41, 5.74) is 0.668. The number of methoxy groups -OCH3 is 1. The Labute approximate surface area is 185 Å². The van der Waals surface area contributed by atoms with E-state index in [1.165, 1.54) is 69.8 Å². The van der Waals surface area contributed by atoms with Gasteiger partial charge in [0.25, 0.3) is 0 Å². The van der Waals surface area contributed by atoms with Gasteiger partial charge in [-0.3, -0.25) is 4.79 Å². The van der Waals surface area contributed by atoms with Gasteiger partial charge in [-0.25, -0.2) is 12.7 Å². The molecule has 0 aromatic heterocycles. The van der Waals surface area contributed by atoms with Gasteiger partial charge in [0.1, 0.15) is 5.75 Å². The highest BCUT2D eigenvalue weighted by Gasteiger charge is 2.19. The maximum atomic E-state index is 12.5. The molecule has 0 heterocycles. The van der Waals surface area contributed by atoms with Crippen molar-refractivity contribution in [1.82, 2.24) is 4.31 Å². The van der Waals surface area contributed by atoms with Crippen LogP contribution in [0.2, 0.25) is 0 Å². The van der Waals surface area contributed by atoms with Crippen molar-refractivity contribution in [2.75, 3.05) is 33.1 Å². The number of anilines is 1. The summed E-state index contributed by atoms with van der Waals surface area (Å²) in [4.78, 5) is 12.4. The van der Waals surface area contributed by atoms with E-state index >= 15 is 0 Å². The highest BCUT2D eigenvalue weighted by atomic mass is 32.2. The molecule has 0 atom stereocenters. The topological polar surface area (TPSA) is 94.2 Å². The quantitative estimate of drug-likeness (QED) is 0.534. The number of alkyl halides is 2. The van der Waals surface area contributed by atoms with Crippen molar-refractivity contribution in [3.63, 3.8) is 0 Å². The van der Waals surface area contributed by atoms with E-state index in [1.54, 1.807) is 6.92 Å². The van der Waals surface area contributed by atoms with E-state index < -0.39 is 22.5 Å². The third-order valence-electron chi connectivity index (χ3n) is 4.12. The molecule has 0 aliphatic rings. The first-order valence-electron chi connectivity index (χ1n) is 9.39. The van der Waals surface area contributed by atoms with E-state index in [9.17, 15) is 22.0 Å². The normalized spacial score (nSPS) is 11.8. The summed E-state index contributed by atoms with van der Waals surface area (Å²) >= 11 is 0. The van der Waals surface area contributed by atoms with Crippen molar-refractivity contribution < 1.29 is 36.2 Å². The molecule has 0 aliphatic carbocycles. The number of nitrogens with one attached hydrogen (secondary N) is 1. The molecule has 8 nitrogen and oxygen atoms in total. The van der Waals surface area contributed by atoms with Crippen molar-refractivity contribution in [3.8, 4) is 17.2 Å². The van der Waals surface area contributed by atoms with Gasteiger partial charge in [-0.05, 0) is 48.9 Å². The monoisotopic (exact) mass is 470 g/mol. The number of halogens is 2. The second-order valence-electron chi connectivity index (χ2n) is 6.49. The Bertz CT molecular complexity index is 1090. The zero-order valence-corrected chi connectivity index (χ0v) is 18.8. The van der Waals surface area contributed by atoms with E-state index in [0.717, 1.165) is 4.31 Å². The molecule has 0 saturated heterocycles. The van der Waals surface area contributed by atoms with Gasteiger partial charge < -0.3 is 19.5 Å². The van der Waals surface area contributed by atoms with Crippen molar-refractivity contribution in [3.05, 3.63) is 48.0 Å². The van der Waals surface area contributed by atoms with Crippen molar-refractivity contribution >= 4 is 27.7 Å². The Morgan fingerprint density at radius 2 is 1.81 bits per heavy atom. The average Bonchev–Trinajstić information content (AvgIpc) is 2.73. The fourth-order valence-electron chi connectivity index (χ4n) is 2.59. The molecule has 0 radical (unpaired) electrons. The van der Waals surface area contributed by atoms with Gasteiger partial charge in [0.2, 0.25) is 15.9 Å². The lowest BCUT2D eigenvalue weighted by molar-refractivity contribution is -0.111. The van der Waals surface area contributed by atoms with Gasteiger partial charge in [-0.15, -0.1) is 0 Å². The minimum absolute atomic E-state index is 0.0152. The lowest BCUT2D eigenvalue weighted by Gasteiger charge is -2.14. The molecular formula is C21H24F2N2O6S. The summed E-state index contributed by atoms with van der Waals surface area (Å²) in [6, 6.07) is 8.35. The second kappa shape index (κ2) is 10.9. The first kappa shape index (κ1) is 25.1. The third-order valence-corrected chi connectivity index (χ3v) is 5.93. The summed E-state index contributed by atoms with van der Waals surface area (Å²) in [7, 11) is 0.474. The Hall–Kier alpha value is -3.18. The van der Waals surface area contributed by atoms with Crippen molar-refractivity contribution in [2.24, 2.45) is 0 Å². The molecule has 2 aromatic carbocycles. The number of benzene rings is 2. The molecule has 0 fully saturated rings. The third kappa shape index (κ3) is 6.41. The fourth-order valence-corrected chi connectivity index (χ4v) is 3.52. The smallest absolute Gasteiger partial charge is 0.387 e. The number of rotatable bonds is 10. The molecule has 0 bridgehead atoms. The number of ether oxygens (including phenoxy) is 3. The SMILES string of the molecule is CCOc1cc(/C=C/C(=O)Nc2cc(S(=O)(=O)N(C)C)ccc2OC)ccc1OC(F)F. The Kier molecular flexibility index (Phi) is 8.56. The minimum atomic E-state index is -3.71. The van der Waals surface area contributed by atoms with E-state index in [-0.39, 0.29) is 34.4 Å². The van der Waals surface area contributed by atoms with Crippen LogP contribution in [0.3, 0.4) is 0 Å². The molecular weight excluding hydrogens is 446 g/mol. The van der Waals surface area contributed by atoms with Crippen LogP contribution >= 0.6 is 0 Å². The van der Waals surface area contributed by atoms with Gasteiger partial charge in [-0.1, -0.05) is 6.07 Å². The van der Waals surface area contributed by atoms with Crippen LogP contribution in [0, 0.1) is 0 Å². The molecule has 32 heavy (non-hydrogen) atoms. The summed E-state index contributed by atoms with van der Waals surface area (Å²) in [5, 5.41) is 2.57. The van der Waals surface area contributed by atoms with Gasteiger partial charge in [0.15, 0.2) is 11.5 Å². The Balaban J connectivity index is 2.24. The van der Waals surface area contributed by atoms with Crippen LogP contribution in [0.25, 0.3) is 6.08 Å². The van der Waals surface area contributed by atoms with Crippen LogP contribution in [-0.4, -0.2) is 53.1 Å². The Morgan fingerprint density at radius 1 is 1.12 bits per heavy atom. The summed E-state index contributed by atoms with van der Waals surface area (Å²) in [6.45, 7) is -1.07. The fraction of sp³-hybridized carbons (Fsp3) is 0.286. The number of hydrogen-bond acceptors (Lipinski definition) is 6. The number of hydrogen-bond donors (Lipinski definition) is 1. The van der Waals surface area contributed by atoms with Gasteiger partial charge in [-0.2, -0.15) is 8.78 Å². The van der Waals surface area contributed by atoms with E-state index in [0.29, 0.717) is 5.56 Å². The van der Waals surface area contributed by atoms with Crippen molar-refractivity contribution in [2.45, 2.75) is 18.4 Å². The molecule has 0 saturated carbocycles. The zero-order chi connectivity index (χ0) is 23.9. The molecule has 11 heteroatoms. The molecule has 0 unspecified atom stereocenters. The van der Waals surface area contributed by atoms with E-state index in [2.05, 4.69) is 10.1 Å². The summed E-state index contributed by atoms with van der Waals surface area (Å²) < 4.78 is 65.7. The standard InChI is InChI=1S/C21H24F2N2O6S/c1-5-30-19-12-14(6-9-18(19)31-21(22)23)7-11-20(26)24-16-13-15(8-10-17(16)29-4)32(27,28)25(2)3/h6-13,21H,5H2,1-4H3,(H,24,26)/b11-7+. The zero-order valence-electron chi connectivity index (χ0n) is 18.0. The summed E-state index contributed by atoms with van der Waals surface area (Å²) in [5.74, 6) is -0.295. The highest BCUT2D eigenvalue weighted by Crippen LogP contribution is 2.31. The van der Waals surface area contributed by atoms with Crippen LogP contribution in [-0.2, 0) is 14.8 Å². The first-order chi connectivity index (χ1) is 15.1. The second-order valence-corrected chi connectivity index (χ2v) is 8.64. The molecule has 2 aromatic rings. The number of carbonyl (C=O) groups is 1. The number of amides is 1. The summed E-state index contributed by atoms with van der Waals surface area (Å²) in [6.07, 6.45) is 2.64. The first-order valence-corrected chi connectivity index (χ1v) is 10.8. The predicted molar refractivity (Wildman–Crippen MR) is 116 cm³/mol. The van der Waals surface area contributed by atoms with Crippen LogP contribution in [0.5, 0.6) is 17.2 Å². The molecule has 0 aliphatic heterocycles. The highest BCUT2D eigenvalue weighted by molar-refractivity contribution is 7.89. The number of carbonyl (C=O) groups excluding carboxylic acids is 1. The number of nitrogens with zero attached hydrogens (tertiary/aromatic N) is 1. The van der Waals surface area contributed by atoms with Gasteiger partial charge in [0.05, 0.1) is 24.3 Å². The van der Waals surface area contributed by atoms with Crippen LogP contribution in [0.15, 0.2) is 47.4 Å². The van der Waals surface area contributed by atoms with E-state index in [1.807, 2.05) is 0 Å². The maximum Gasteiger partial charge on any atom is 0.387 e. The average molecular weight is 470 g/mol. The molecule has 1 N–H and O–H groups in total. The maximum absolute atomic E-state index is 12.5. The predicted octanol–water partition coefficient (Wildman–Crippen LogP) is 3.60. The lowest BCUT2D eigenvalue weighted by Crippen LogP contribution is -2.22. The largest absolute Gasteiger partial charge is 0.495 e. The molecule has 1 amide bonds. The van der Waals surface area contributed by atoms with E-state index in [4.69, 9.17) is 9.47 Å². The minimum Gasteiger partial charge on any atom is -0.495 e. The van der Waals surface area contributed by atoms with Gasteiger partial charge in [0, 0.05) is 20.2 Å². The molecule has 2 rings (SSSR count).